The van der Waals surface area contributed by atoms with Gasteiger partial charge in [0.2, 0.25) is 0 Å². The Morgan fingerprint density at radius 3 is 1.29 bits per heavy atom. The topological polar surface area (TPSA) is 44.0 Å². The Morgan fingerprint density at radius 1 is 1.29 bits per heavy atom. The summed E-state index contributed by atoms with van der Waals surface area (Å²) < 4.78 is 0. The fourth-order valence-electron chi connectivity index (χ4n) is 0. The van der Waals surface area contributed by atoms with Gasteiger partial charge in [-0.1, -0.05) is 0 Å². The molecule has 0 saturated heterocycles. The summed E-state index contributed by atoms with van der Waals surface area (Å²) in [5, 5.41) is 13.8. The van der Waals surface area contributed by atoms with Crippen molar-refractivity contribution < 1.29 is 72.5 Å². The van der Waals surface area contributed by atoms with E-state index < -0.39 is 0 Å². The van der Waals surface area contributed by atoms with Gasteiger partial charge in [0.1, 0.15) is 0 Å². The van der Waals surface area contributed by atoms with Crippen LogP contribution in [0, 0.1) is 11.5 Å². The molecule has 0 aliphatic rings. The molecule has 0 aliphatic carbocycles. The van der Waals surface area contributed by atoms with Gasteiger partial charge in [0.15, 0.2) is 0 Å². The molecular weight excluding hydrogens is 271 g/mol. The van der Waals surface area contributed by atoms with Crippen LogP contribution >= 0.6 is 0 Å². The van der Waals surface area contributed by atoms with E-state index in [0.29, 0.717) is 0 Å². The Kier molecular flexibility index (Phi) is 312. The second kappa shape index (κ2) is 54.1. The molecule has 0 aromatic rings. The number of nitrogens with zero attached hydrogens (tertiary/aromatic N) is 1. The van der Waals surface area contributed by atoms with Crippen LogP contribution in [-0.4, -0.2) is 5.11 Å². The molecule has 1 radical (unpaired) electrons. The molecule has 0 atom stereocenters. The number of aliphatic hydroxyl groups is 1. The number of aliphatic hydroxyl groups excluding tert-OH is 1. The van der Waals surface area contributed by atoms with Crippen molar-refractivity contribution in [2.75, 3.05) is 0 Å². The maximum Gasteiger partial charge on any atom is 0.283 e. The first-order chi connectivity index (χ1) is 1.41. The predicted molar refractivity (Wildman–Crippen MR) is 7.55 cm³/mol. The molecule has 7 heavy (non-hydrogen) atoms. The molecule has 0 rings (SSSR count). The molecule has 0 amide bonds. The monoisotopic (exact) mass is 272 g/mol. The molecule has 0 aromatic carbocycles. The van der Waals surface area contributed by atoms with Crippen LogP contribution in [-0.2, 0) is 67.4 Å². The minimum absolute atomic E-state index is 0. The average molecular weight is 272 g/mol. The number of hydrogen-bond donors (Lipinski definition) is 1. The Balaban J connectivity index is -0.00000000333. The van der Waals surface area contributed by atoms with Crippen molar-refractivity contribution in [3.63, 3.8) is 0 Å². The zero-order valence-electron chi connectivity index (χ0n) is 2.75. The van der Waals surface area contributed by atoms with Crippen LogP contribution in [0.25, 0.3) is 0 Å². The molecule has 0 aromatic heterocycles. The first-order valence-electron chi connectivity index (χ1n) is 0.447. The van der Waals surface area contributed by atoms with Gasteiger partial charge >= 0.3 is 0 Å². The van der Waals surface area contributed by atoms with E-state index in [4.69, 9.17) is 10.4 Å². The SMILES string of the molecule is N#CO.[Co].[Fe].[Fe].[Ni]. The Hall–Kier alpha value is 1.33. The summed E-state index contributed by atoms with van der Waals surface area (Å²) in [6, 6.07) is 0. The molecule has 0 unspecified atom stereocenters. The minimum atomic E-state index is 0. The quantitative estimate of drug-likeness (QED) is 0.491. The van der Waals surface area contributed by atoms with Crippen LogP contribution in [0.1, 0.15) is 0 Å². The first-order valence-corrected chi connectivity index (χ1v) is 0.447. The smallest absolute Gasteiger partial charge is 0.283 e. The van der Waals surface area contributed by atoms with E-state index in [2.05, 4.69) is 0 Å². The minimum Gasteiger partial charge on any atom is -0.443 e. The van der Waals surface area contributed by atoms with Crippen LogP contribution in [0.4, 0.5) is 0 Å². The zero-order chi connectivity index (χ0) is 2.71. The molecular formula is CHCoFe2NNiO. The summed E-state index contributed by atoms with van der Waals surface area (Å²) in [6.07, 6.45) is 0.750. The number of nitriles is 1. The van der Waals surface area contributed by atoms with Gasteiger partial charge in [0.25, 0.3) is 6.26 Å². The van der Waals surface area contributed by atoms with Crippen molar-refractivity contribution in [1.29, 1.82) is 5.26 Å². The largest absolute Gasteiger partial charge is 0.443 e. The summed E-state index contributed by atoms with van der Waals surface area (Å²) in [7, 11) is 0. The summed E-state index contributed by atoms with van der Waals surface area (Å²) in [5.74, 6) is 0. The van der Waals surface area contributed by atoms with Crippen molar-refractivity contribution in [2.24, 2.45) is 0 Å². The molecule has 0 saturated carbocycles. The van der Waals surface area contributed by atoms with Gasteiger partial charge in [-0.25, -0.2) is 0 Å². The van der Waals surface area contributed by atoms with Crippen LogP contribution in [0.15, 0.2) is 0 Å². The predicted octanol–water partition coefficient (Wildman–Crippen LogP) is -0.170. The van der Waals surface area contributed by atoms with Gasteiger partial charge in [-0.05, 0) is 0 Å². The second-order valence-electron chi connectivity index (χ2n) is 0.100. The van der Waals surface area contributed by atoms with Crippen molar-refractivity contribution in [3.8, 4) is 6.26 Å². The number of hydrogen-bond acceptors (Lipinski definition) is 2. The van der Waals surface area contributed by atoms with Gasteiger partial charge in [0.05, 0.1) is 0 Å². The van der Waals surface area contributed by atoms with E-state index in [1.54, 1.807) is 0 Å². The molecule has 0 aliphatic heterocycles. The van der Waals surface area contributed by atoms with Crippen molar-refractivity contribution >= 4 is 0 Å². The van der Waals surface area contributed by atoms with E-state index in [9.17, 15) is 0 Å². The third-order valence-corrected chi connectivity index (χ3v) is 0. The van der Waals surface area contributed by atoms with E-state index in [-0.39, 0.29) is 67.4 Å². The Labute approximate surface area is 83.5 Å². The van der Waals surface area contributed by atoms with E-state index in [1.807, 2.05) is 0 Å². The van der Waals surface area contributed by atoms with Gasteiger partial charge in [-0.3, -0.25) is 0 Å². The molecule has 2 nitrogen and oxygen atoms in total. The summed E-state index contributed by atoms with van der Waals surface area (Å²) in [6.45, 7) is 0. The summed E-state index contributed by atoms with van der Waals surface area (Å²) >= 11 is 0. The average Bonchev–Trinajstić information content (AvgIpc) is 0.918. The van der Waals surface area contributed by atoms with E-state index in [1.165, 1.54) is 0 Å². The summed E-state index contributed by atoms with van der Waals surface area (Å²) in [4.78, 5) is 0. The first kappa shape index (κ1) is 40.4. The van der Waals surface area contributed by atoms with Crippen molar-refractivity contribution in [2.45, 2.75) is 0 Å². The fourth-order valence-corrected chi connectivity index (χ4v) is 0. The molecule has 51 valence electrons. The van der Waals surface area contributed by atoms with Gasteiger partial charge in [-0.2, -0.15) is 5.26 Å². The molecule has 0 bridgehead atoms. The fraction of sp³-hybridized carbons (Fsp3) is 0. The molecule has 6 heteroatoms. The van der Waals surface area contributed by atoms with Gasteiger partial charge in [-0.15, -0.1) is 0 Å². The standard InChI is InChI=1S/CHNO.Co.2Fe.Ni/c2-1-3;;;;/h3H;;;;. The Morgan fingerprint density at radius 2 is 1.29 bits per heavy atom. The van der Waals surface area contributed by atoms with E-state index >= 15 is 0 Å². The van der Waals surface area contributed by atoms with Crippen molar-refractivity contribution in [3.05, 3.63) is 0 Å². The van der Waals surface area contributed by atoms with Crippen LogP contribution in [0.5, 0.6) is 0 Å². The summed E-state index contributed by atoms with van der Waals surface area (Å²) in [5.41, 5.74) is 0. The Bertz CT molecular complexity index is 39.2. The van der Waals surface area contributed by atoms with Crippen molar-refractivity contribution in [1.82, 2.24) is 0 Å². The molecule has 0 fully saturated rings. The third kappa shape index (κ3) is 118. The number of rotatable bonds is 0. The van der Waals surface area contributed by atoms with Crippen LogP contribution in [0.2, 0.25) is 0 Å². The van der Waals surface area contributed by atoms with E-state index in [0.717, 1.165) is 6.26 Å². The zero-order valence-corrected chi connectivity index (χ0v) is 6.99. The normalized spacial score (nSPS) is 1.00. The molecule has 1 N–H and O–H groups in total. The van der Waals surface area contributed by atoms with Crippen LogP contribution in [0.3, 0.4) is 0 Å². The van der Waals surface area contributed by atoms with Gasteiger partial charge in [0, 0.05) is 67.4 Å². The maximum atomic E-state index is 6.88. The molecule has 0 spiro atoms. The second-order valence-corrected chi connectivity index (χ2v) is 0.100. The van der Waals surface area contributed by atoms with Gasteiger partial charge < -0.3 is 5.11 Å². The maximum absolute atomic E-state index is 6.88. The molecule has 0 heterocycles. The third-order valence-electron chi connectivity index (χ3n) is 0. The van der Waals surface area contributed by atoms with Crippen LogP contribution < -0.4 is 0 Å².